The minimum Gasteiger partial charge on any atom is -0.496 e. The molecule has 9 nitrogen and oxygen atoms in total. The number of carbonyl (C=O) groups is 3. The van der Waals surface area contributed by atoms with E-state index in [1.165, 1.54) is 13.2 Å². The molecule has 2 N–H and O–H groups in total. The number of hydrazine groups is 1. The van der Waals surface area contributed by atoms with Gasteiger partial charge in [-0.3, -0.25) is 20.4 Å². The molecule has 9 heteroatoms. The summed E-state index contributed by atoms with van der Waals surface area (Å²) in [6.07, 6.45) is -0.923. The van der Waals surface area contributed by atoms with Crippen molar-refractivity contribution in [1.29, 1.82) is 0 Å². The Morgan fingerprint density at radius 3 is 2.62 bits per heavy atom. The van der Waals surface area contributed by atoms with E-state index in [0.717, 1.165) is 5.56 Å². The lowest BCUT2D eigenvalue weighted by Crippen LogP contribution is -2.51. The molecule has 0 saturated heterocycles. The van der Waals surface area contributed by atoms with Crippen LogP contribution in [0.15, 0.2) is 42.5 Å². The van der Waals surface area contributed by atoms with Gasteiger partial charge in [0.2, 0.25) is 6.10 Å². The zero-order chi connectivity index (χ0) is 20.8. The molecule has 3 rings (SSSR count). The SMILES string of the molecule is COc1cc(C(=O)OCC(=O)NNC(=O)[C@@H]2COc3ccccc3O2)ccc1C. The zero-order valence-corrected chi connectivity index (χ0v) is 15.9. The summed E-state index contributed by atoms with van der Waals surface area (Å²) in [5.41, 5.74) is 5.49. The predicted molar refractivity (Wildman–Crippen MR) is 101 cm³/mol. The third kappa shape index (κ3) is 4.95. The van der Waals surface area contributed by atoms with Gasteiger partial charge in [-0.1, -0.05) is 18.2 Å². The second kappa shape index (κ2) is 8.96. The van der Waals surface area contributed by atoms with Gasteiger partial charge in [-0.05, 0) is 36.8 Å². The first-order valence-corrected chi connectivity index (χ1v) is 8.77. The lowest BCUT2D eigenvalue weighted by Gasteiger charge is -2.25. The summed E-state index contributed by atoms with van der Waals surface area (Å²) in [5.74, 6) is -0.476. The molecule has 2 aromatic carbocycles. The van der Waals surface area contributed by atoms with Crippen molar-refractivity contribution in [3.63, 3.8) is 0 Å². The fraction of sp³-hybridized carbons (Fsp3) is 0.250. The van der Waals surface area contributed by atoms with Gasteiger partial charge in [0.25, 0.3) is 11.8 Å². The van der Waals surface area contributed by atoms with Crippen molar-refractivity contribution in [2.45, 2.75) is 13.0 Å². The van der Waals surface area contributed by atoms with Crippen molar-refractivity contribution < 1.29 is 33.3 Å². The molecule has 0 saturated carbocycles. The zero-order valence-electron chi connectivity index (χ0n) is 15.9. The maximum absolute atomic E-state index is 12.1. The summed E-state index contributed by atoms with van der Waals surface area (Å²) < 4.78 is 21.1. The van der Waals surface area contributed by atoms with Crippen LogP contribution in [-0.4, -0.2) is 44.2 Å². The van der Waals surface area contributed by atoms with Gasteiger partial charge in [-0.25, -0.2) is 4.79 Å². The molecule has 0 aromatic heterocycles. The van der Waals surface area contributed by atoms with Crippen molar-refractivity contribution in [2.75, 3.05) is 20.3 Å². The van der Waals surface area contributed by atoms with Crippen molar-refractivity contribution in [1.82, 2.24) is 10.9 Å². The van der Waals surface area contributed by atoms with Gasteiger partial charge in [0.05, 0.1) is 12.7 Å². The van der Waals surface area contributed by atoms with Crippen molar-refractivity contribution in [3.8, 4) is 17.2 Å². The summed E-state index contributed by atoms with van der Waals surface area (Å²) in [5, 5.41) is 0. The van der Waals surface area contributed by atoms with Crippen molar-refractivity contribution in [3.05, 3.63) is 53.6 Å². The van der Waals surface area contributed by atoms with E-state index in [4.69, 9.17) is 18.9 Å². The lowest BCUT2D eigenvalue weighted by atomic mass is 10.1. The van der Waals surface area contributed by atoms with E-state index in [1.807, 2.05) is 6.92 Å². The average molecular weight is 400 g/mol. The van der Waals surface area contributed by atoms with Gasteiger partial charge in [0.15, 0.2) is 18.1 Å². The number of aryl methyl sites for hydroxylation is 1. The van der Waals surface area contributed by atoms with Gasteiger partial charge in [0, 0.05) is 0 Å². The molecule has 0 spiro atoms. The van der Waals surface area contributed by atoms with Crippen LogP contribution in [-0.2, 0) is 14.3 Å². The number of esters is 1. The minimum absolute atomic E-state index is 0.00294. The van der Waals surface area contributed by atoms with E-state index < -0.39 is 30.5 Å². The van der Waals surface area contributed by atoms with Crippen LogP contribution in [0.1, 0.15) is 15.9 Å². The highest BCUT2D eigenvalue weighted by Crippen LogP contribution is 2.30. The summed E-state index contributed by atoms with van der Waals surface area (Å²) in [4.78, 5) is 36.0. The quantitative estimate of drug-likeness (QED) is 0.572. The molecule has 0 aliphatic carbocycles. The largest absolute Gasteiger partial charge is 0.496 e. The Morgan fingerprint density at radius 1 is 1.10 bits per heavy atom. The Labute approximate surface area is 166 Å². The van der Waals surface area contributed by atoms with E-state index in [0.29, 0.717) is 17.2 Å². The Balaban J connectivity index is 1.44. The molecule has 0 bridgehead atoms. The maximum Gasteiger partial charge on any atom is 0.338 e. The highest BCUT2D eigenvalue weighted by Gasteiger charge is 2.27. The highest BCUT2D eigenvalue weighted by molar-refractivity contribution is 5.92. The van der Waals surface area contributed by atoms with E-state index in [-0.39, 0.29) is 12.2 Å². The number of ether oxygens (including phenoxy) is 4. The van der Waals surface area contributed by atoms with Crippen LogP contribution in [0.3, 0.4) is 0 Å². The van der Waals surface area contributed by atoms with Crippen LogP contribution in [0.5, 0.6) is 17.2 Å². The number of carbonyl (C=O) groups excluding carboxylic acids is 3. The Kier molecular flexibility index (Phi) is 6.18. The van der Waals surface area contributed by atoms with E-state index in [9.17, 15) is 14.4 Å². The number of para-hydroxylation sites is 2. The molecule has 1 aliphatic heterocycles. The second-order valence-corrected chi connectivity index (χ2v) is 6.16. The van der Waals surface area contributed by atoms with Gasteiger partial charge in [-0.2, -0.15) is 0 Å². The van der Waals surface area contributed by atoms with E-state index in [2.05, 4.69) is 10.9 Å². The fourth-order valence-corrected chi connectivity index (χ4v) is 2.56. The lowest BCUT2D eigenvalue weighted by molar-refractivity contribution is -0.135. The topological polar surface area (TPSA) is 112 Å². The molecular weight excluding hydrogens is 380 g/mol. The van der Waals surface area contributed by atoms with Gasteiger partial charge in [-0.15, -0.1) is 0 Å². The Bertz CT molecular complexity index is 929. The van der Waals surface area contributed by atoms with Gasteiger partial charge in [0.1, 0.15) is 12.4 Å². The van der Waals surface area contributed by atoms with Crippen molar-refractivity contribution >= 4 is 17.8 Å². The first kappa shape index (κ1) is 20.0. The molecule has 152 valence electrons. The average Bonchev–Trinajstić information content (AvgIpc) is 2.75. The van der Waals surface area contributed by atoms with E-state index >= 15 is 0 Å². The first-order chi connectivity index (χ1) is 14.0. The van der Waals surface area contributed by atoms with Gasteiger partial charge < -0.3 is 18.9 Å². The predicted octanol–water partition coefficient (Wildman–Crippen LogP) is 1.15. The number of rotatable bonds is 5. The number of amides is 2. The van der Waals surface area contributed by atoms with Gasteiger partial charge >= 0.3 is 5.97 Å². The summed E-state index contributed by atoms with van der Waals surface area (Å²) in [6, 6.07) is 11.7. The molecule has 0 unspecified atom stereocenters. The maximum atomic E-state index is 12.1. The van der Waals surface area contributed by atoms with Crippen LogP contribution < -0.4 is 25.1 Å². The van der Waals surface area contributed by atoms with Crippen molar-refractivity contribution in [2.24, 2.45) is 0 Å². The monoisotopic (exact) mass is 400 g/mol. The summed E-state index contributed by atoms with van der Waals surface area (Å²) in [7, 11) is 1.49. The van der Waals surface area contributed by atoms with Crippen LogP contribution in [0, 0.1) is 6.92 Å². The normalized spacial score (nSPS) is 14.5. The molecule has 0 radical (unpaired) electrons. The number of benzene rings is 2. The summed E-state index contributed by atoms with van der Waals surface area (Å²) in [6.45, 7) is 1.27. The standard InChI is InChI=1S/C20H20N2O7/c1-12-7-8-13(9-16(12)26-2)20(25)28-11-18(23)21-22-19(24)17-10-27-14-5-3-4-6-15(14)29-17/h3-9,17H,10-11H2,1-2H3,(H,21,23)(H,22,24)/t17-/m0/s1. The van der Waals surface area contributed by atoms with Crippen LogP contribution in [0.4, 0.5) is 0 Å². The number of nitrogens with one attached hydrogen (secondary N) is 2. The molecule has 29 heavy (non-hydrogen) atoms. The number of hydrogen-bond acceptors (Lipinski definition) is 7. The number of methoxy groups -OCH3 is 1. The molecule has 2 amide bonds. The third-order valence-electron chi connectivity index (χ3n) is 4.10. The molecule has 2 aromatic rings. The van der Waals surface area contributed by atoms with Crippen LogP contribution >= 0.6 is 0 Å². The second-order valence-electron chi connectivity index (χ2n) is 6.16. The third-order valence-corrected chi connectivity index (χ3v) is 4.10. The smallest absolute Gasteiger partial charge is 0.338 e. The molecule has 1 atom stereocenters. The molecule has 1 aliphatic rings. The van der Waals surface area contributed by atoms with E-state index in [1.54, 1.807) is 36.4 Å². The Morgan fingerprint density at radius 2 is 1.86 bits per heavy atom. The minimum atomic E-state index is -0.923. The molecular formula is C20H20N2O7. The number of fused-ring (bicyclic) bond motifs is 1. The Hall–Kier alpha value is -3.75. The summed E-state index contributed by atoms with van der Waals surface area (Å²) >= 11 is 0. The molecule has 0 fully saturated rings. The number of hydrogen-bond donors (Lipinski definition) is 2. The van der Waals surface area contributed by atoms with Crippen LogP contribution in [0.25, 0.3) is 0 Å². The highest BCUT2D eigenvalue weighted by atomic mass is 16.6. The fourth-order valence-electron chi connectivity index (χ4n) is 2.56. The first-order valence-electron chi connectivity index (χ1n) is 8.77. The molecule has 1 heterocycles. The van der Waals surface area contributed by atoms with Crippen LogP contribution in [0.2, 0.25) is 0 Å².